The summed E-state index contributed by atoms with van der Waals surface area (Å²) < 4.78 is 42.2. The maximum absolute atomic E-state index is 12.7. The summed E-state index contributed by atoms with van der Waals surface area (Å²) in [6.45, 7) is 2.23. The number of nitrogens with one attached hydrogen (secondary N) is 1. The van der Waals surface area contributed by atoms with Crippen LogP contribution in [-0.4, -0.2) is 65.3 Å². The highest BCUT2D eigenvalue weighted by molar-refractivity contribution is 5.95. The van der Waals surface area contributed by atoms with Gasteiger partial charge >= 0.3 is 6.36 Å². The number of nitrogens with zero attached hydrogens (tertiary/aromatic N) is 4. The van der Waals surface area contributed by atoms with E-state index in [1.54, 1.807) is 23.1 Å². The number of amides is 1. The molecule has 0 bridgehead atoms. The second-order valence-corrected chi connectivity index (χ2v) is 7.80. The molecule has 0 spiro atoms. The van der Waals surface area contributed by atoms with Crippen molar-refractivity contribution in [2.24, 2.45) is 0 Å². The number of pyridine rings is 1. The van der Waals surface area contributed by atoms with Gasteiger partial charge < -0.3 is 15.0 Å². The van der Waals surface area contributed by atoms with E-state index in [1.807, 2.05) is 4.90 Å². The Labute approximate surface area is 177 Å². The molecule has 2 saturated heterocycles. The summed E-state index contributed by atoms with van der Waals surface area (Å²) >= 11 is 0. The number of hydrogen-bond acceptors (Lipinski definition) is 6. The summed E-state index contributed by atoms with van der Waals surface area (Å²) in [5.41, 5.74) is 0.798. The lowest BCUT2D eigenvalue weighted by Crippen LogP contribution is -2.42. The number of nitriles is 1. The lowest BCUT2D eigenvalue weighted by Gasteiger charge is -2.23. The Morgan fingerprint density at radius 3 is 2.90 bits per heavy atom. The minimum absolute atomic E-state index is 0.0343. The van der Waals surface area contributed by atoms with Crippen molar-refractivity contribution >= 4 is 22.5 Å². The molecule has 31 heavy (non-hydrogen) atoms. The van der Waals surface area contributed by atoms with Crippen LogP contribution in [0.5, 0.6) is 5.75 Å². The molecule has 2 aliphatic rings. The molecule has 7 nitrogen and oxygen atoms in total. The minimum atomic E-state index is -4.79. The van der Waals surface area contributed by atoms with Crippen LogP contribution in [0.15, 0.2) is 30.5 Å². The van der Waals surface area contributed by atoms with E-state index in [0.717, 1.165) is 25.8 Å². The van der Waals surface area contributed by atoms with Gasteiger partial charge in [-0.25, -0.2) is 0 Å². The van der Waals surface area contributed by atoms with E-state index in [2.05, 4.69) is 21.1 Å². The monoisotopic (exact) mass is 433 g/mol. The Bertz CT molecular complexity index is 1010. The lowest BCUT2D eigenvalue weighted by atomic mass is 10.1. The van der Waals surface area contributed by atoms with Crippen LogP contribution in [0.4, 0.5) is 18.9 Å². The third-order valence-corrected chi connectivity index (χ3v) is 5.67. The number of benzene rings is 1. The summed E-state index contributed by atoms with van der Waals surface area (Å²) in [6, 6.07) is 8.06. The van der Waals surface area contributed by atoms with Crippen LogP contribution in [0.3, 0.4) is 0 Å². The van der Waals surface area contributed by atoms with Crippen molar-refractivity contribution < 1.29 is 22.7 Å². The Hall–Kier alpha value is -3.06. The molecule has 0 radical (unpaired) electrons. The highest BCUT2D eigenvalue weighted by atomic mass is 19.4. The third-order valence-electron chi connectivity index (χ3n) is 5.67. The first kappa shape index (κ1) is 21.2. The van der Waals surface area contributed by atoms with Gasteiger partial charge in [0.2, 0.25) is 5.91 Å². The molecule has 0 saturated carbocycles. The van der Waals surface area contributed by atoms with Gasteiger partial charge in [0.25, 0.3) is 0 Å². The fourth-order valence-corrected chi connectivity index (χ4v) is 4.28. The highest BCUT2D eigenvalue weighted by Crippen LogP contribution is 2.34. The number of ether oxygens (including phenoxy) is 1. The van der Waals surface area contributed by atoms with Crippen molar-refractivity contribution in [1.82, 2.24) is 14.8 Å². The molecule has 164 valence electrons. The largest absolute Gasteiger partial charge is 0.573 e. The van der Waals surface area contributed by atoms with Crippen LogP contribution in [0.2, 0.25) is 0 Å². The summed E-state index contributed by atoms with van der Waals surface area (Å²) in [7, 11) is 0. The molecule has 1 N–H and O–H groups in total. The molecule has 1 aromatic heterocycles. The summed E-state index contributed by atoms with van der Waals surface area (Å²) in [6.07, 6.45) is -1.01. The number of alkyl halides is 3. The van der Waals surface area contributed by atoms with Gasteiger partial charge in [-0.15, -0.1) is 13.2 Å². The van der Waals surface area contributed by atoms with Crippen LogP contribution in [0, 0.1) is 11.3 Å². The number of rotatable bonds is 5. The van der Waals surface area contributed by atoms with Crippen molar-refractivity contribution in [1.29, 1.82) is 5.26 Å². The Kier molecular flexibility index (Phi) is 5.87. The Morgan fingerprint density at radius 2 is 2.13 bits per heavy atom. The maximum atomic E-state index is 12.7. The van der Waals surface area contributed by atoms with Crippen LogP contribution >= 0.6 is 0 Å². The van der Waals surface area contributed by atoms with Crippen LogP contribution < -0.4 is 10.1 Å². The number of aromatic nitrogens is 1. The van der Waals surface area contributed by atoms with Crippen LogP contribution in [-0.2, 0) is 4.79 Å². The van der Waals surface area contributed by atoms with E-state index in [0.29, 0.717) is 24.2 Å². The van der Waals surface area contributed by atoms with E-state index in [9.17, 15) is 23.2 Å². The molecule has 2 fully saturated rings. The van der Waals surface area contributed by atoms with Crippen molar-refractivity contribution in [3.05, 3.63) is 30.5 Å². The van der Waals surface area contributed by atoms with E-state index >= 15 is 0 Å². The molecule has 1 amide bonds. The molecule has 0 unspecified atom stereocenters. The standard InChI is InChI=1S/C21H22F3N5O2/c22-21(23,24)31-18-6-5-17(16-4-1-8-26-20(16)18)27-14-7-10-28(12-14)13-19(30)29-9-2-3-15(29)11-25/h1,4-6,8,14-15,27H,2-3,7,9-10,12-13H2/t14-,15-/m0/s1. The highest BCUT2D eigenvalue weighted by Gasteiger charge is 2.33. The second kappa shape index (κ2) is 8.59. The molecule has 3 heterocycles. The second-order valence-electron chi connectivity index (χ2n) is 7.80. The van der Waals surface area contributed by atoms with Gasteiger partial charge in [0.15, 0.2) is 5.75 Å². The zero-order chi connectivity index (χ0) is 22.0. The number of anilines is 1. The van der Waals surface area contributed by atoms with Gasteiger partial charge in [-0.2, -0.15) is 5.26 Å². The number of hydrogen-bond donors (Lipinski definition) is 1. The van der Waals surface area contributed by atoms with Crippen molar-refractivity contribution in [3.63, 3.8) is 0 Å². The molecule has 2 aromatic rings. The first-order chi connectivity index (χ1) is 14.8. The maximum Gasteiger partial charge on any atom is 0.573 e. The minimum Gasteiger partial charge on any atom is -0.403 e. The number of fused-ring (bicyclic) bond motifs is 1. The van der Waals surface area contributed by atoms with E-state index in [-0.39, 0.29) is 35.8 Å². The third kappa shape index (κ3) is 4.82. The number of halogens is 3. The molecular weight excluding hydrogens is 411 g/mol. The van der Waals surface area contributed by atoms with Gasteiger partial charge in [-0.3, -0.25) is 14.7 Å². The lowest BCUT2D eigenvalue weighted by molar-refractivity contribution is -0.274. The van der Waals surface area contributed by atoms with Gasteiger partial charge in [-0.05, 0) is 43.5 Å². The van der Waals surface area contributed by atoms with Gasteiger partial charge in [-0.1, -0.05) is 0 Å². The van der Waals surface area contributed by atoms with E-state index < -0.39 is 6.36 Å². The number of carbonyl (C=O) groups excluding carboxylic acids is 1. The van der Waals surface area contributed by atoms with Crippen LogP contribution in [0.25, 0.3) is 10.9 Å². The van der Waals surface area contributed by atoms with Crippen molar-refractivity contribution in [2.75, 3.05) is 31.5 Å². The molecule has 2 atom stereocenters. The average Bonchev–Trinajstić information content (AvgIpc) is 3.38. The average molecular weight is 433 g/mol. The Balaban J connectivity index is 1.42. The number of carbonyl (C=O) groups is 1. The van der Waals surface area contributed by atoms with Crippen LogP contribution in [0.1, 0.15) is 19.3 Å². The van der Waals surface area contributed by atoms with Gasteiger partial charge in [0, 0.05) is 42.9 Å². The quantitative estimate of drug-likeness (QED) is 0.780. The first-order valence-electron chi connectivity index (χ1n) is 10.2. The summed E-state index contributed by atoms with van der Waals surface area (Å²) in [5.74, 6) is -0.377. The van der Waals surface area contributed by atoms with Gasteiger partial charge in [0.1, 0.15) is 11.6 Å². The smallest absolute Gasteiger partial charge is 0.403 e. The van der Waals surface area contributed by atoms with Crippen molar-refractivity contribution in [2.45, 2.75) is 37.7 Å². The Morgan fingerprint density at radius 1 is 1.29 bits per heavy atom. The molecule has 1 aromatic carbocycles. The topological polar surface area (TPSA) is 81.5 Å². The summed E-state index contributed by atoms with van der Waals surface area (Å²) in [5, 5.41) is 13.1. The fraction of sp³-hybridized carbons (Fsp3) is 0.476. The fourth-order valence-electron chi connectivity index (χ4n) is 4.28. The van der Waals surface area contributed by atoms with Gasteiger partial charge in [0.05, 0.1) is 12.6 Å². The molecule has 2 aliphatic heterocycles. The molecule has 10 heteroatoms. The molecule has 4 rings (SSSR count). The molecular formula is C21H22F3N5O2. The predicted octanol–water partition coefficient (Wildman–Crippen LogP) is 3.13. The van der Waals surface area contributed by atoms with Crippen molar-refractivity contribution in [3.8, 4) is 11.8 Å². The van der Waals surface area contributed by atoms with E-state index in [1.165, 1.54) is 12.3 Å². The van der Waals surface area contributed by atoms with E-state index in [4.69, 9.17) is 0 Å². The predicted molar refractivity (Wildman–Crippen MR) is 107 cm³/mol. The molecule has 0 aliphatic carbocycles. The summed E-state index contributed by atoms with van der Waals surface area (Å²) in [4.78, 5) is 20.3. The first-order valence-corrected chi connectivity index (χ1v) is 10.2. The normalized spacial score (nSPS) is 21.9. The zero-order valence-corrected chi connectivity index (χ0v) is 16.7. The zero-order valence-electron chi connectivity index (χ0n) is 16.7. The number of likely N-dealkylation sites (tertiary alicyclic amines) is 2. The SMILES string of the molecule is N#C[C@@H]1CCCN1C(=O)CN1CC[C@H](Nc2ccc(OC(F)(F)F)c3ncccc23)C1.